The molecule has 3 fully saturated rings. The highest BCUT2D eigenvalue weighted by atomic mass is 35.5. The minimum Gasteiger partial charge on any atom is -0.378 e. The van der Waals surface area contributed by atoms with E-state index in [2.05, 4.69) is 4.90 Å². The molecule has 3 aromatic rings. The van der Waals surface area contributed by atoms with E-state index in [1.54, 1.807) is 28.5 Å². The van der Waals surface area contributed by atoms with Crippen LogP contribution in [-0.4, -0.2) is 44.2 Å². The number of hydrogen-bond donors (Lipinski definition) is 0. The number of amides is 2. The van der Waals surface area contributed by atoms with Gasteiger partial charge in [-0.25, -0.2) is 9.96 Å². The molecule has 1 aromatic heterocycles. The summed E-state index contributed by atoms with van der Waals surface area (Å²) in [5.41, 5.74) is 2.36. The normalized spacial score (nSPS) is 24.7. The molecule has 0 aliphatic carbocycles. The number of nitrogens with zero attached hydrogens (tertiary/aromatic N) is 3. The second-order valence-corrected chi connectivity index (χ2v) is 9.86. The molecule has 34 heavy (non-hydrogen) atoms. The first-order chi connectivity index (χ1) is 16.6. The van der Waals surface area contributed by atoms with E-state index in [1.807, 2.05) is 53.9 Å². The number of thiophene rings is 1. The number of halogens is 1. The van der Waals surface area contributed by atoms with E-state index in [9.17, 15) is 9.59 Å². The van der Waals surface area contributed by atoms with Gasteiger partial charge in [0, 0.05) is 28.7 Å². The number of imide groups is 1. The number of benzene rings is 2. The molecule has 2 amide bonds. The lowest BCUT2D eigenvalue weighted by Gasteiger charge is -2.29. The van der Waals surface area contributed by atoms with Crippen LogP contribution >= 0.6 is 22.9 Å². The Morgan fingerprint density at radius 1 is 0.853 bits per heavy atom. The Kier molecular flexibility index (Phi) is 5.53. The van der Waals surface area contributed by atoms with Gasteiger partial charge in [-0.05, 0) is 60.0 Å². The van der Waals surface area contributed by atoms with E-state index in [4.69, 9.17) is 21.2 Å². The summed E-state index contributed by atoms with van der Waals surface area (Å²) in [4.78, 5) is 37.8. The molecule has 0 N–H and O–H groups in total. The molecule has 0 saturated carbocycles. The van der Waals surface area contributed by atoms with Crippen LogP contribution in [0.25, 0.3) is 0 Å². The SMILES string of the molecule is O=C1[C@@H]2[C@H](ON(c3ccc(Cl)cc3)[C@H]2c2cccs2)C(=O)N1c1ccc(N2CCOCC2)cc1. The molecular formula is C25H22ClN3O4S. The first-order valence-electron chi connectivity index (χ1n) is 11.2. The molecule has 6 rings (SSSR count). The van der Waals surface area contributed by atoms with Crippen molar-refractivity contribution < 1.29 is 19.2 Å². The molecule has 7 nitrogen and oxygen atoms in total. The first-order valence-corrected chi connectivity index (χ1v) is 12.4. The average molecular weight is 496 g/mol. The fourth-order valence-corrected chi connectivity index (χ4v) is 5.84. The number of carbonyl (C=O) groups excluding carboxylic acids is 2. The van der Waals surface area contributed by atoms with Gasteiger partial charge >= 0.3 is 0 Å². The van der Waals surface area contributed by atoms with Crippen LogP contribution in [0.15, 0.2) is 66.0 Å². The Morgan fingerprint density at radius 2 is 1.53 bits per heavy atom. The number of hydroxylamine groups is 1. The standard InChI is InChI=1S/C25H22ClN3O4S/c26-16-3-5-19(6-4-16)29-22(20-2-1-15-34-20)21-23(33-29)25(31)28(24(21)30)18-9-7-17(8-10-18)27-11-13-32-14-12-27/h1-10,15,21-23H,11-14H2/t21-,22-,23-/m0/s1. The molecule has 4 heterocycles. The van der Waals surface area contributed by atoms with Crippen LogP contribution in [0.1, 0.15) is 10.9 Å². The third kappa shape index (κ3) is 3.58. The lowest BCUT2D eigenvalue weighted by molar-refractivity contribution is -0.126. The Labute approximate surface area is 206 Å². The molecule has 174 valence electrons. The number of anilines is 3. The zero-order valence-corrected chi connectivity index (χ0v) is 19.7. The van der Waals surface area contributed by atoms with Crippen molar-refractivity contribution in [2.75, 3.05) is 41.2 Å². The molecule has 9 heteroatoms. The van der Waals surface area contributed by atoms with Crippen LogP contribution in [0, 0.1) is 5.92 Å². The average Bonchev–Trinajstić information content (AvgIpc) is 3.58. The minimum absolute atomic E-state index is 0.246. The molecule has 0 unspecified atom stereocenters. The molecule has 3 atom stereocenters. The van der Waals surface area contributed by atoms with Crippen LogP contribution in [-0.2, 0) is 19.2 Å². The summed E-state index contributed by atoms with van der Waals surface area (Å²) in [5, 5.41) is 4.26. The quantitative estimate of drug-likeness (QED) is 0.503. The van der Waals surface area contributed by atoms with E-state index in [0.717, 1.165) is 29.3 Å². The van der Waals surface area contributed by atoms with Gasteiger partial charge in [0.25, 0.3) is 5.91 Å². The molecular weight excluding hydrogens is 474 g/mol. The molecule has 3 aliphatic rings. The fraction of sp³-hybridized carbons (Fsp3) is 0.280. The van der Waals surface area contributed by atoms with Crippen molar-refractivity contribution in [3.8, 4) is 0 Å². The van der Waals surface area contributed by atoms with Gasteiger partial charge in [0.2, 0.25) is 5.91 Å². The van der Waals surface area contributed by atoms with Gasteiger partial charge in [-0.2, -0.15) is 0 Å². The van der Waals surface area contributed by atoms with E-state index in [-0.39, 0.29) is 11.8 Å². The van der Waals surface area contributed by atoms with Crippen LogP contribution in [0.5, 0.6) is 0 Å². The summed E-state index contributed by atoms with van der Waals surface area (Å²) in [5.74, 6) is -1.23. The Morgan fingerprint density at radius 3 is 2.21 bits per heavy atom. The summed E-state index contributed by atoms with van der Waals surface area (Å²) in [6, 6.07) is 18.3. The zero-order chi connectivity index (χ0) is 23.2. The van der Waals surface area contributed by atoms with Crippen molar-refractivity contribution in [2.45, 2.75) is 12.1 Å². The number of hydrogen-bond acceptors (Lipinski definition) is 7. The predicted molar refractivity (Wildman–Crippen MR) is 131 cm³/mol. The third-order valence-corrected chi connectivity index (χ3v) is 7.71. The molecule has 3 saturated heterocycles. The number of ether oxygens (including phenoxy) is 1. The van der Waals surface area contributed by atoms with Crippen molar-refractivity contribution >= 4 is 51.8 Å². The lowest BCUT2D eigenvalue weighted by atomic mass is 9.95. The van der Waals surface area contributed by atoms with Gasteiger partial charge in [-0.3, -0.25) is 14.4 Å². The second-order valence-electron chi connectivity index (χ2n) is 8.44. The predicted octanol–water partition coefficient (Wildman–Crippen LogP) is 4.29. The van der Waals surface area contributed by atoms with Crippen molar-refractivity contribution in [1.82, 2.24) is 0 Å². The number of morpholine rings is 1. The van der Waals surface area contributed by atoms with Gasteiger partial charge in [0.15, 0.2) is 6.10 Å². The summed E-state index contributed by atoms with van der Waals surface area (Å²) >= 11 is 7.61. The Bertz CT molecular complexity index is 1200. The first kappa shape index (κ1) is 21.6. The van der Waals surface area contributed by atoms with Crippen LogP contribution < -0.4 is 14.9 Å². The van der Waals surface area contributed by atoms with E-state index in [1.165, 1.54) is 4.90 Å². The van der Waals surface area contributed by atoms with Gasteiger partial charge in [-0.15, -0.1) is 11.3 Å². The maximum atomic E-state index is 13.7. The smallest absolute Gasteiger partial charge is 0.266 e. The zero-order valence-electron chi connectivity index (χ0n) is 18.2. The molecule has 0 bridgehead atoms. The van der Waals surface area contributed by atoms with Crippen molar-refractivity contribution in [3.05, 3.63) is 75.9 Å². The summed E-state index contributed by atoms with van der Waals surface area (Å²) in [6.07, 6.45) is -0.880. The van der Waals surface area contributed by atoms with Crippen molar-refractivity contribution in [1.29, 1.82) is 0 Å². The second kappa shape index (κ2) is 8.70. The monoisotopic (exact) mass is 495 g/mol. The lowest BCUT2D eigenvalue weighted by Crippen LogP contribution is -2.37. The van der Waals surface area contributed by atoms with E-state index in [0.29, 0.717) is 23.9 Å². The molecule has 3 aliphatic heterocycles. The number of carbonyl (C=O) groups is 2. The summed E-state index contributed by atoms with van der Waals surface area (Å²) in [6.45, 7) is 3.03. The minimum atomic E-state index is -0.880. The largest absolute Gasteiger partial charge is 0.378 e. The van der Waals surface area contributed by atoms with Crippen molar-refractivity contribution in [2.24, 2.45) is 5.92 Å². The summed E-state index contributed by atoms with van der Waals surface area (Å²) in [7, 11) is 0. The summed E-state index contributed by atoms with van der Waals surface area (Å²) < 4.78 is 5.42. The van der Waals surface area contributed by atoms with Crippen LogP contribution in [0.2, 0.25) is 5.02 Å². The topological polar surface area (TPSA) is 62.3 Å². The Balaban J connectivity index is 1.31. The number of fused-ring (bicyclic) bond motifs is 1. The number of rotatable bonds is 4. The maximum Gasteiger partial charge on any atom is 0.266 e. The van der Waals surface area contributed by atoms with Crippen molar-refractivity contribution in [3.63, 3.8) is 0 Å². The highest BCUT2D eigenvalue weighted by Crippen LogP contribution is 2.48. The van der Waals surface area contributed by atoms with Gasteiger partial charge in [-0.1, -0.05) is 17.7 Å². The van der Waals surface area contributed by atoms with Crippen LogP contribution in [0.4, 0.5) is 17.1 Å². The third-order valence-electron chi connectivity index (χ3n) is 6.52. The highest BCUT2D eigenvalue weighted by molar-refractivity contribution is 7.10. The fourth-order valence-electron chi connectivity index (χ4n) is 4.86. The Hall–Kier alpha value is -2.91. The molecule has 0 spiro atoms. The van der Waals surface area contributed by atoms with Gasteiger partial charge < -0.3 is 9.64 Å². The highest BCUT2D eigenvalue weighted by Gasteiger charge is 2.60. The van der Waals surface area contributed by atoms with E-state index >= 15 is 0 Å². The van der Waals surface area contributed by atoms with Crippen LogP contribution in [0.3, 0.4) is 0 Å². The molecule has 0 radical (unpaired) electrons. The van der Waals surface area contributed by atoms with E-state index < -0.39 is 18.1 Å². The maximum absolute atomic E-state index is 13.7. The molecule has 2 aromatic carbocycles. The van der Waals surface area contributed by atoms with Gasteiger partial charge in [0.05, 0.1) is 24.6 Å². The van der Waals surface area contributed by atoms with Gasteiger partial charge in [0.1, 0.15) is 12.0 Å².